The van der Waals surface area contributed by atoms with Gasteiger partial charge in [0.25, 0.3) is 0 Å². The van der Waals surface area contributed by atoms with Crippen molar-refractivity contribution in [3.05, 3.63) is 68.7 Å². The Morgan fingerprint density at radius 1 is 1.20 bits per heavy atom. The van der Waals surface area contributed by atoms with E-state index in [-0.39, 0.29) is 0 Å². The van der Waals surface area contributed by atoms with Crippen LogP contribution < -0.4 is 5.32 Å². The van der Waals surface area contributed by atoms with Crippen LogP contribution in [0.2, 0.25) is 5.02 Å². The van der Waals surface area contributed by atoms with Crippen molar-refractivity contribution in [2.75, 3.05) is 0 Å². The fourth-order valence-electron chi connectivity index (χ4n) is 2.17. The van der Waals surface area contributed by atoms with Crippen molar-refractivity contribution in [3.63, 3.8) is 0 Å². The first-order valence-electron chi connectivity index (χ1n) is 6.78. The lowest BCUT2D eigenvalue weighted by Gasteiger charge is -2.15. The zero-order chi connectivity index (χ0) is 14.5. The minimum Gasteiger partial charge on any atom is -0.310 e. The Hall–Kier alpha value is -0.830. The molecule has 1 atom stereocenters. The highest BCUT2D eigenvalue weighted by Gasteiger charge is 2.06. The van der Waals surface area contributed by atoms with Crippen molar-refractivity contribution < 1.29 is 0 Å². The van der Waals surface area contributed by atoms with E-state index in [4.69, 9.17) is 11.6 Å². The van der Waals surface area contributed by atoms with Crippen LogP contribution in [0.25, 0.3) is 0 Å². The summed E-state index contributed by atoms with van der Waals surface area (Å²) in [6, 6.07) is 14.9. The highest BCUT2D eigenvalue weighted by Crippen LogP contribution is 2.18. The zero-order valence-electron chi connectivity index (χ0n) is 11.8. The SMILES string of the molecule is Cc1cc(CNC(C)Cc2ccccc2Cl)ccc1Br. The van der Waals surface area contributed by atoms with E-state index in [1.54, 1.807) is 0 Å². The maximum absolute atomic E-state index is 6.19. The first kappa shape index (κ1) is 15.6. The van der Waals surface area contributed by atoms with Crippen LogP contribution in [-0.2, 0) is 13.0 Å². The molecular weight excluding hydrogens is 334 g/mol. The predicted molar refractivity (Wildman–Crippen MR) is 90.3 cm³/mol. The molecule has 3 heteroatoms. The Morgan fingerprint density at radius 2 is 1.95 bits per heavy atom. The predicted octanol–water partition coefficient (Wildman–Crippen LogP) is 5.13. The van der Waals surface area contributed by atoms with Crippen molar-refractivity contribution in [1.82, 2.24) is 5.32 Å². The first-order valence-corrected chi connectivity index (χ1v) is 7.95. The summed E-state index contributed by atoms with van der Waals surface area (Å²) in [5, 5.41) is 4.40. The summed E-state index contributed by atoms with van der Waals surface area (Å²) < 4.78 is 1.16. The molecule has 0 saturated heterocycles. The van der Waals surface area contributed by atoms with E-state index in [1.807, 2.05) is 18.2 Å². The third-order valence-electron chi connectivity index (χ3n) is 3.36. The van der Waals surface area contributed by atoms with E-state index in [1.165, 1.54) is 16.7 Å². The molecule has 2 aromatic rings. The van der Waals surface area contributed by atoms with E-state index in [9.17, 15) is 0 Å². The van der Waals surface area contributed by atoms with Crippen molar-refractivity contribution in [2.24, 2.45) is 0 Å². The summed E-state index contributed by atoms with van der Waals surface area (Å²) in [4.78, 5) is 0. The van der Waals surface area contributed by atoms with Gasteiger partial charge in [-0.25, -0.2) is 0 Å². The first-order chi connectivity index (χ1) is 9.56. The molecule has 0 amide bonds. The van der Waals surface area contributed by atoms with Crippen LogP contribution in [0.4, 0.5) is 0 Å². The lowest BCUT2D eigenvalue weighted by atomic mass is 10.1. The molecule has 1 nitrogen and oxygen atoms in total. The Balaban J connectivity index is 1.90. The standard InChI is InChI=1S/C17H19BrClN/c1-12-9-14(7-8-16(12)18)11-20-13(2)10-15-5-3-4-6-17(15)19/h3-9,13,20H,10-11H2,1-2H3. The van der Waals surface area contributed by atoms with Crippen molar-refractivity contribution in [2.45, 2.75) is 32.9 Å². The van der Waals surface area contributed by atoms with Gasteiger partial charge in [-0.2, -0.15) is 0 Å². The quantitative estimate of drug-likeness (QED) is 0.786. The third-order valence-corrected chi connectivity index (χ3v) is 4.62. The minimum atomic E-state index is 0.388. The fraction of sp³-hybridized carbons (Fsp3) is 0.294. The van der Waals surface area contributed by atoms with E-state index in [2.05, 4.69) is 59.4 Å². The summed E-state index contributed by atoms with van der Waals surface area (Å²) in [5.74, 6) is 0. The molecule has 1 N–H and O–H groups in total. The Bertz CT molecular complexity index is 583. The molecule has 0 saturated carbocycles. The number of rotatable bonds is 5. The maximum atomic E-state index is 6.19. The molecule has 2 aromatic carbocycles. The number of hydrogen-bond donors (Lipinski definition) is 1. The second-order valence-electron chi connectivity index (χ2n) is 5.16. The van der Waals surface area contributed by atoms with Crippen molar-refractivity contribution in [1.29, 1.82) is 0 Å². The molecular formula is C17H19BrClN. The number of aryl methyl sites for hydroxylation is 1. The number of halogens is 2. The monoisotopic (exact) mass is 351 g/mol. The molecule has 0 aromatic heterocycles. The molecule has 106 valence electrons. The largest absolute Gasteiger partial charge is 0.310 e. The van der Waals surface area contributed by atoms with Crippen LogP contribution in [0, 0.1) is 6.92 Å². The number of benzene rings is 2. The van der Waals surface area contributed by atoms with E-state index in [0.717, 1.165) is 22.5 Å². The number of hydrogen-bond acceptors (Lipinski definition) is 1. The fourth-order valence-corrected chi connectivity index (χ4v) is 2.63. The molecule has 0 heterocycles. The van der Waals surface area contributed by atoms with Gasteiger partial charge >= 0.3 is 0 Å². The minimum absolute atomic E-state index is 0.388. The van der Waals surface area contributed by atoms with Crippen molar-refractivity contribution >= 4 is 27.5 Å². The summed E-state index contributed by atoms with van der Waals surface area (Å²) in [7, 11) is 0. The molecule has 1 unspecified atom stereocenters. The molecule has 0 spiro atoms. The lowest BCUT2D eigenvalue weighted by molar-refractivity contribution is 0.545. The van der Waals surface area contributed by atoms with E-state index in [0.29, 0.717) is 6.04 Å². The van der Waals surface area contributed by atoms with Gasteiger partial charge in [0.15, 0.2) is 0 Å². The Morgan fingerprint density at radius 3 is 2.65 bits per heavy atom. The molecule has 0 aliphatic carbocycles. The summed E-state index contributed by atoms with van der Waals surface area (Å²) in [6.07, 6.45) is 0.940. The average molecular weight is 353 g/mol. The second-order valence-corrected chi connectivity index (χ2v) is 6.42. The van der Waals surface area contributed by atoms with Gasteiger partial charge in [-0.1, -0.05) is 57.9 Å². The van der Waals surface area contributed by atoms with Crippen LogP contribution in [-0.4, -0.2) is 6.04 Å². The second kappa shape index (κ2) is 7.26. The third kappa shape index (κ3) is 4.34. The highest BCUT2D eigenvalue weighted by atomic mass is 79.9. The van der Waals surface area contributed by atoms with Gasteiger partial charge in [0.05, 0.1) is 0 Å². The molecule has 0 aliphatic rings. The molecule has 20 heavy (non-hydrogen) atoms. The smallest absolute Gasteiger partial charge is 0.0438 e. The average Bonchev–Trinajstić information content (AvgIpc) is 2.43. The van der Waals surface area contributed by atoms with Gasteiger partial charge in [0, 0.05) is 22.1 Å². The molecule has 0 fully saturated rings. The van der Waals surface area contributed by atoms with Crippen LogP contribution in [0.3, 0.4) is 0 Å². The topological polar surface area (TPSA) is 12.0 Å². The van der Waals surface area contributed by atoms with Crippen LogP contribution in [0.1, 0.15) is 23.6 Å². The van der Waals surface area contributed by atoms with E-state index < -0.39 is 0 Å². The molecule has 0 bridgehead atoms. The van der Waals surface area contributed by atoms with Gasteiger partial charge in [0.2, 0.25) is 0 Å². The van der Waals surface area contributed by atoms with Crippen molar-refractivity contribution in [3.8, 4) is 0 Å². The molecule has 2 rings (SSSR count). The van der Waals surface area contributed by atoms with Gasteiger partial charge in [-0.05, 0) is 49.1 Å². The van der Waals surface area contributed by atoms with Crippen LogP contribution in [0.5, 0.6) is 0 Å². The summed E-state index contributed by atoms with van der Waals surface area (Å²) in [6.45, 7) is 5.18. The number of nitrogens with one attached hydrogen (secondary N) is 1. The van der Waals surface area contributed by atoms with E-state index >= 15 is 0 Å². The molecule has 0 aliphatic heterocycles. The Kier molecular flexibility index (Phi) is 5.64. The van der Waals surface area contributed by atoms with Gasteiger partial charge in [-0.3, -0.25) is 0 Å². The maximum Gasteiger partial charge on any atom is 0.0438 e. The van der Waals surface area contributed by atoms with Gasteiger partial charge in [-0.15, -0.1) is 0 Å². The molecule has 0 radical (unpaired) electrons. The normalized spacial score (nSPS) is 12.4. The Labute approximate surface area is 134 Å². The van der Waals surface area contributed by atoms with Gasteiger partial charge in [0.1, 0.15) is 0 Å². The van der Waals surface area contributed by atoms with Crippen LogP contribution in [0.15, 0.2) is 46.9 Å². The summed E-state index contributed by atoms with van der Waals surface area (Å²) >= 11 is 9.72. The zero-order valence-corrected chi connectivity index (χ0v) is 14.1. The van der Waals surface area contributed by atoms with Crippen LogP contribution >= 0.6 is 27.5 Å². The highest BCUT2D eigenvalue weighted by molar-refractivity contribution is 9.10. The van der Waals surface area contributed by atoms with Gasteiger partial charge < -0.3 is 5.32 Å². The summed E-state index contributed by atoms with van der Waals surface area (Å²) in [5.41, 5.74) is 3.76. The lowest BCUT2D eigenvalue weighted by Crippen LogP contribution is -2.27.